The zero-order valence-electron chi connectivity index (χ0n) is 16.2. The zero-order valence-corrected chi connectivity index (χ0v) is 16.2. The van der Waals surface area contributed by atoms with Crippen LogP contribution in [0.15, 0.2) is 0 Å². The number of imide groups is 1. The van der Waals surface area contributed by atoms with E-state index in [0.717, 1.165) is 37.0 Å². The third-order valence-electron chi connectivity index (χ3n) is 6.18. The van der Waals surface area contributed by atoms with Crippen LogP contribution in [0, 0.1) is 23.2 Å². The number of ether oxygens (including phenoxy) is 1. The molecule has 0 aromatic heterocycles. The Hall–Kier alpha value is -2.63. The number of esters is 1. The summed E-state index contributed by atoms with van der Waals surface area (Å²) in [5.41, 5.74) is -1.91. The van der Waals surface area contributed by atoms with E-state index in [0.29, 0.717) is 6.42 Å². The number of carbonyl (C=O) groups excluding carboxylic acids is 4. The van der Waals surface area contributed by atoms with Crippen molar-refractivity contribution in [2.45, 2.75) is 63.5 Å². The Bertz CT molecular complexity index is 743. The highest BCUT2D eigenvalue weighted by Gasteiger charge is 2.55. The molecule has 2 N–H and O–H groups in total. The Morgan fingerprint density at radius 3 is 2.68 bits per heavy atom. The van der Waals surface area contributed by atoms with Gasteiger partial charge in [-0.3, -0.25) is 19.3 Å². The number of rotatable bonds is 6. The predicted molar refractivity (Wildman–Crippen MR) is 96.5 cm³/mol. The number of hydrogen-bond acceptors (Lipinski definition) is 6. The van der Waals surface area contributed by atoms with Crippen LogP contribution in [0.3, 0.4) is 0 Å². The minimum absolute atomic E-state index is 0.00409. The molecule has 9 nitrogen and oxygen atoms in total. The van der Waals surface area contributed by atoms with Crippen LogP contribution in [-0.4, -0.2) is 52.9 Å². The number of hydrogen-bond donors (Lipinski definition) is 2. The Morgan fingerprint density at radius 2 is 2.07 bits per heavy atom. The summed E-state index contributed by atoms with van der Waals surface area (Å²) in [5.74, 6) is -1.73. The molecule has 2 aliphatic carbocycles. The topological polar surface area (TPSA) is 129 Å². The smallest absolute Gasteiger partial charge is 0.326 e. The van der Waals surface area contributed by atoms with Crippen LogP contribution in [0.5, 0.6) is 0 Å². The van der Waals surface area contributed by atoms with Crippen LogP contribution in [0.2, 0.25) is 0 Å². The van der Waals surface area contributed by atoms with Gasteiger partial charge in [-0.05, 0) is 44.4 Å². The Morgan fingerprint density at radius 1 is 1.36 bits per heavy atom. The monoisotopic (exact) mass is 390 g/mol. The lowest BCUT2D eigenvalue weighted by Gasteiger charge is -2.36. The van der Waals surface area contributed by atoms with Gasteiger partial charge in [0, 0.05) is 0 Å². The first kappa shape index (κ1) is 20.1. The molecule has 4 amide bonds. The van der Waals surface area contributed by atoms with Gasteiger partial charge >= 0.3 is 12.0 Å². The normalized spacial score (nSPS) is 29.0. The van der Waals surface area contributed by atoms with Gasteiger partial charge in [0.15, 0.2) is 6.61 Å². The first-order chi connectivity index (χ1) is 13.2. The summed E-state index contributed by atoms with van der Waals surface area (Å²) in [7, 11) is 0. The van der Waals surface area contributed by atoms with Crippen LogP contribution in [-0.2, 0) is 19.1 Å². The molecule has 3 aliphatic rings. The fourth-order valence-corrected chi connectivity index (χ4v) is 4.17. The minimum atomic E-state index is -0.974. The highest BCUT2D eigenvalue weighted by atomic mass is 16.5. The summed E-state index contributed by atoms with van der Waals surface area (Å²) >= 11 is 0. The van der Waals surface area contributed by atoms with Gasteiger partial charge in [-0.1, -0.05) is 19.8 Å². The van der Waals surface area contributed by atoms with Gasteiger partial charge in [-0.25, -0.2) is 4.79 Å². The number of nitrogens with zero attached hydrogens (tertiary/aromatic N) is 2. The van der Waals surface area contributed by atoms with E-state index in [1.165, 1.54) is 0 Å². The molecule has 9 heteroatoms. The first-order valence-corrected chi connectivity index (χ1v) is 9.74. The lowest BCUT2D eigenvalue weighted by atomic mass is 9.73. The molecule has 28 heavy (non-hydrogen) atoms. The molecule has 0 radical (unpaired) electrons. The van der Waals surface area contributed by atoms with Crippen molar-refractivity contribution in [2.24, 2.45) is 11.8 Å². The van der Waals surface area contributed by atoms with Crippen LogP contribution in [0.4, 0.5) is 4.79 Å². The largest absolute Gasteiger partial charge is 0.454 e. The number of carbonyl (C=O) groups is 4. The van der Waals surface area contributed by atoms with Gasteiger partial charge in [0.2, 0.25) is 0 Å². The van der Waals surface area contributed by atoms with Gasteiger partial charge in [-0.15, -0.1) is 0 Å². The minimum Gasteiger partial charge on any atom is -0.454 e. The van der Waals surface area contributed by atoms with Crippen molar-refractivity contribution in [2.75, 3.05) is 13.2 Å². The molecule has 1 aliphatic heterocycles. The molecule has 0 aromatic rings. The first-order valence-electron chi connectivity index (χ1n) is 9.74. The van der Waals surface area contributed by atoms with Crippen molar-refractivity contribution < 1.29 is 23.9 Å². The van der Waals surface area contributed by atoms with Crippen LogP contribution in [0.1, 0.15) is 52.4 Å². The molecular weight excluding hydrogens is 364 g/mol. The third-order valence-corrected chi connectivity index (χ3v) is 6.18. The fraction of sp³-hybridized carbons (Fsp3) is 0.737. The van der Waals surface area contributed by atoms with E-state index < -0.39 is 48.0 Å². The highest BCUT2D eigenvalue weighted by Crippen LogP contribution is 2.39. The Labute approximate surface area is 163 Å². The van der Waals surface area contributed by atoms with Crippen LogP contribution >= 0.6 is 0 Å². The maximum atomic E-state index is 12.8. The lowest BCUT2D eigenvalue weighted by molar-refractivity contribution is -0.151. The van der Waals surface area contributed by atoms with E-state index in [-0.39, 0.29) is 11.8 Å². The molecule has 3 atom stereocenters. The molecule has 1 saturated heterocycles. The Kier molecular flexibility index (Phi) is 5.33. The average molecular weight is 390 g/mol. The third kappa shape index (κ3) is 3.68. The number of nitriles is 1. The van der Waals surface area contributed by atoms with Crippen molar-refractivity contribution in [1.29, 1.82) is 5.26 Å². The average Bonchev–Trinajstić information content (AvgIpc) is 3.48. The molecular formula is C19H26N4O5. The lowest BCUT2D eigenvalue weighted by Crippen LogP contribution is -2.54. The van der Waals surface area contributed by atoms with Crippen molar-refractivity contribution in [3.05, 3.63) is 0 Å². The summed E-state index contributed by atoms with van der Waals surface area (Å²) in [6.07, 6.45) is 4.98. The molecule has 3 fully saturated rings. The maximum absolute atomic E-state index is 12.8. The van der Waals surface area contributed by atoms with E-state index >= 15 is 0 Å². The highest BCUT2D eigenvalue weighted by molar-refractivity contribution is 6.09. The predicted octanol–water partition coefficient (Wildman–Crippen LogP) is 0.839. The van der Waals surface area contributed by atoms with Crippen LogP contribution < -0.4 is 10.6 Å². The van der Waals surface area contributed by atoms with Gasteiger partial charge in [-0.2, -0.15) is 5.26 Å². The molecule has 1 heterocycles. The van der Waals surface area contributed by atoms with Crippen molar-refractivity contribution in [1.82, 2.24) is 15.5 Å². The van der Waals surface area contributed by atoms with Crippen molar-refractivity contribution >= 4 is 23.8 Å². The molecule has 0 aromatic carbocycles. The number of nitrogens with one attached hydrogen (secondary N) is 2. The summed E-state index contributed by atoms with van der Waals surface area (Å²) in [4.78, 5) is 50.0. The summed E-state index contributed by atoms with van der Waals surface area (Å²) in [6.45, 7) is 2.47. The standard InChI is InChI=1S/C19H26N4O5/c1-12-5-3-4-8-19(12)16(26)23(17(27)22-19)9-15(25)28-10-14(24)21-18(2,11-20)13-6-7-13/h12-13H,3-10H2,1-2H3,(H,21,24)(H,22,27)/t12-,18+,19+/m1/s1. The van der Waals surface area contributed by atoms with E-state index in [1.54, 1.807) is 6.92 Å². The second-order valence-corrected chi connectivity index (χ2v) is 8.24. The molecule has 152 valence electrons. The fourth-order valence-electron chi connectivity index (χ4n) is 4.17. The summed E-state index contributed by atoms with van der Waals surface area (Å²) < 4.78 is 4.92. The quantitative estimate of drug-likeness (QED) is 0.511. The molecule has 0 unspecified atom stereocenters. The van der Waals surface area contributed by atoms with Crippen molar-refractivity contribution in [3.63, 3.8) is 0 Å². The number of amides is 4. The Balaban J connectivity index is 1.52. The van der Waals surface area contributed by atoms with E-state index in [2.05, 4.69) is 16.7 Å². The summed E-state index contributed by atoms with van der Waals surface area (Å²) in [6, 6.07) is 1.48. The molecule has 3 rings (SSSR count). The maximum Gasteiger partial charge on any atom is 0.326 e. The second kappa shape index (κ2) is 7.41. The van der Waals surface area contributed by atoms with Crippen LogP contribution in [0.25, 0.3) is 0 Å². The molecule has 1 spiro atoms. The molecule has 0 bridgehead atoms. The van der Waals surface area contributed by atoms with Gasteiger partial charge < -0.3 is 15.4 Å². The molecule has 2 saturated carbocycles. The van der Waals surface area contributed by atoms with E-state index in [1.807, 2.05) is 6.92 Å². The second-order valence-electron chi connectivity index (χ2n) is 8.24. The van der Waals surface area contributed by atoms with Gasteiger partial charge in [0.1, 0.15) is 17.6 Å². The SMILES string of the molecule is C[C@@H]1CCCC[C@]12NC(=O)N(CC(=O)OCC(=O)N[C@@](C)(C#N)C1CC1)C2=O. The van der Waals surface area contributed by atoms with E-state index in [4.69, 9.17) is 4.74 Å². The van der Waals surface area contributed by atoms with E-state index in [9.17, 15) is 24.4 Å². The zero-order chi connectivity index (χ0) is 20.5. The van der Waals surface area contributed by atoms with Crippen molar-refractivity contribution in [3.8, 4) is 6.07 Å². The number of urea groups is 1. The summed E-state index contributed by atoms with van der Waals surface area (Å²) in [5, 5.41) is 14.6. The van der Waals surface area contributed by atoms with Gasteiger partial charge in [0.25, 0.3) is 11.8 Å². The van der Waals surface area contributed by atoms with Gasteiger partial charge in [0.05, 0.1) is 6.07 Å².